The number of carboxylic acids is 1. The van der Waals surface area contributed by atoms with Gasteiger partial charge in [-0.2, -0.15) is 0 Å². The smallest absolute Gasteiger partial charge is 0.317 e. The quantitative estimate of drug-likeness (QED) is 0.371. The van der Waals surface area contributed by atoms with E-state index in [1.165, 1.54) is 11.7 Å². The third-order valence-electron chi connectivity index (χ3n) is 4.71. The number of aromatic nitrogens is 3. The molecular formula is C21H19N3O4S. The molecule has 1 atom stereocenters. The summed E-state index contributed by atoms with van der Waals surface area (Å²) in [5.41, 5.74) is 1.89. The van der Waals surface area contributed by atoms with E-state index in [0.717, 1.165) is 22.7 Å². The number of methoxy groups -OCH3 is 1. The van der Waals surface area contributed by atoms with Crippen molar-refractivity contribution in [2.24, 2.45) is 0 Å². The van der Waals surface area contributed by atoms with Crippen LogP contribution in [0.1, 0.15) is 13.3 Å². The highest BCUT2D eigenvalue weighted by molar-refractivity contribution is 8.00. The molecule has 0 saturated heterocycles. The van der Waals surface area contributed by atoms with Gasteiger partial charge in [0.15, 0.2) is 5.16 Å². The Labute approximate surface area is 170 Å². The minimum absolute atomic E-state index is 0.307. The molecule has 148 valence electrons. The number of ether oxygens (including phenoxy) is 1. The number of H-pyrrole nitrogens is 1. The van der Waals surface area contributed by atoms with Gasteiger partial charge in [0.05, 0.1) is 12.8 Å². The van der Waals surface area contributed by atoms with E-state index in [1.54, 1.807) is 31.2 Å². The van der Waals surface area contributed by atoms with Gasteiger partial charge in [0.2, 0.25) is 0 Å². The van der Waals surface area contributed by atoms with E-state index in [0.29, 0.717) is 34.0 Å². The normalized spacial score (nSPS) is 12.3. The van der Waals surface area contributed by atoms with Crippen LogP contribution in [0.5, 0.6) is 5.75 Å². The van der Waals surface area contributed by atoms with E-state index in [4.69, 9.17) is 9.72 Å². The van der Waals surface area contributed by atoms with Crippen molar-refractivity contribution in [3.63, 3.8) is 0 Å². The number of aromatic amines is 1. The van der Waals surface area contributed by atoms with Crippen molar-refractivity contribution in [2.75, 3.05) is 7.11 Å². The molecule has 2 aromatic carbocycles. The molecule has 29 heavy (non-hydrogen) atoms. The fourth-order valence-corrected chi connectivity index (χ4v) is 4.24. The average Bonchev–Trinajstić information content (AvgIpc) is 3.11. The molecule has 7 nitrogen and oxygen atoms in total. The maximum Gasteiger partial charge on any atom is 0.317 e. The number of rotatable bonds is 6. The topological polar surface area (TPSA) is 97.2 Å². The summed E-state index contributed by atoms with van der Waals surface area (Å²) in [5, 5.41) is 9.94. The molecule has 0 radical (unpaired) electrons. The van der Waals surface area contributed by atoms with Crippen LogP contribution in [0.4, 0.5) is 0 Å². The molecule has 0 aliphatic rings. The Hall–Kier alpha value is -3.26. The van der Waals surface area contributed by atoms with Gasteiger partial charge in [0.1, 0.15) is 22.0 Å². The van der Waals surface area contributed by atoms with E-state index < -0.39 is 11.2 Å². The van der Waals surface area contributed by atoms with Crippen molar-refractivity contribution in [2.45, 2.75) is 23.8 Å². The van der Waals surface area contributed by atoms with Crippen LogP contribution in [-0.4, -0.2) is 38.0 Å². The number of hydrogen-bond donors (Lipinski definition) is 2. The highest BCUT2D eigenvalue weighted by Crippen LogP contribution is 2.31. The number of thioether (sulfide) groups is 1. The minimum Gasteiger partial charge on any atom is -0.495 e. The first-order valence-electron chi connectivity index (χ1n) is 9.11. The molecule has 2 heterocycles. The zero-order valence-corrected chi connectivity index (χ0v) is 16.7. The summed E-state index contributed by atoms with van der Waals surface area (Å²) in [6.07, 6.45) is 0.397. The van der Waals surface area contributed by atoms with Crippen LogP contribution in [0, 0.1) is 0 Å². The van der Waals surface area contributed by atoms with Crippen LogP contribution in [0.15, 0.2) is 58.5 Å². The van der Waals surface area contributed by atoms with Crippen LogP contribution in [0.25, 0.3) is 27.6 Å². The summed E-state index contributed by atoms with van der Waals surface area (Å²) < 4.78 is 6.86. The van der Waals surface area contributed by atoms with E-state index >= 15 is 0 Å². The Morgan fingerprint density at radius 3 is 2.69 bits per heavy atom. The molecule has 4 aromatic rings. The third kappa shape index (κ3) is 3.25. The number of aliphatic carboxylic acids is 1. The Morgan fingerprint density at radius 1 is 1.24 bits per heavy atom. The van der Waals surface area contributed by atoms with E-state index in [-0.39, 0.29) is 5.56 Å². The number of nitrogens with one attached hydrogen (secondary N) is 1. The highest BCUT2D eigenvalue weighted by Gasteiger charge is 2.24. The molecule has 0 spiro atoms. The zero-order valence-electron chi connectivity index (χ0n) is 15.9. The summed E-state index contributed by atoms with van der Waals surface area (Å²) in [6, 6.07) is 14.6. The van der Waals surface area contributed by atoms with Gasteiger partial charge in [-0.1, -0.05) is 49.0 Å². The molecule has 8 heteroatoms. The van der Waals surface area contributed by atoms with Gasteiger partial charge in [-0.15, -0.1) is 0 Å². The monoisotopic (exact) mass is 409 g/mol. The summed E-state index contributed by atoms with van der Waals surface area (Å²) in [4.78, 5) is 33.0. The second kappa shape index (κ2) is 7.63. The number of para-hydroxylation sites is 3. The summed E-state index contributed by atoms with van der Waals surface area (Å²) in [7, 11) is 1.53. The van der Waals surface area contributed by atoms with Gasteiger partial charge >= 0.3 is 5.97 Å². The van der Waals surface area contributed by atoms with Crippen molar-refractivity contribution >= 4 is 39.7 Å². The second-order valence-corrected chi connectivity index (χ2v) is 7.62. The van der Waals surface area contributed by atoms with Gasteiger partial charge in [-0.05, 0) is 24.6 Å². The molecular weight excluding hydrogens is 390 g/mol. The zero-order chi connectivity index (χ0) is 20.5. The van der Waals surface area contributed by atoms with Gasteiger partial charge in [0.25, 0.3) is 5.56 Å². The van der Waals surface area contributed by atoms with Crippen LogP contribution in [0.2, 0.25) is 0 Å². The maximum atomic E-state index is 13.5. The van der Waals surface area contributed by atoms with Crippen molar-refractivity contribution in [3.8, 4) is 11.4 Å². The largest absolute Gasteiger partial charge is 0.495 e. The van der Waals surface area contributed by atoms with Gasteiger partial charge < -0.3 is 14.8 Å². The van der Waals surface area contributed by atoms with Gasteiger partial charge in [-0.25, -0.2) is 9.55 Å². The van der Waals surface area contributed by atoms with Crippen molar-refractivity contribution in [1.82, 2.24) is 14.5 Å². The average molecular weight is 409 g/mol. The first-order valence-corrected chi connectivity index (χ1v) is 9.99. The molecule has 2 N–H and O–H groups in total. The van der Waals surface area contributed by atoms with Crippen LogP contribution in [-0.2, 0) is 4.79 Å². The number of benzene rings is 2. The Balaban J connectivity index is 2.07. The molecule has 4 rings (SSSR count). The van der Waals surface area contributed by atoms with E-state index in [9.17, 15) is 14.7 Å². The SMILES string of the molecule is CC[C@@H](Sc1nc2c([nH]c3ccccc32)c(=O)n1-c1ccccc1OC)C(=O)O. The number of nitrogens with zero attached hydrogens (tertiary/aromatic N) is 2. The molecule has 0 saturated carbocycles. The predicted octanol–water partition coefficient (Wildman–Crippen LogP) is 3.83. The lowest BCUT2D eigenvalue weighted by atomic mass is 10.2. The molecule has 0 amide bonds. The van der Waals surface area contributed by atoms with Crippen LogP contribution >= 0.6 is 11.8 Å². The van der Waals surface area contributed by atoms with Crippen molar-refractivity contribution in [3.05, 3.63) is 58.9 Å². The van der Waals surface area contributed by atoms with Gasteiger partial charge in [-0.3, -0.25) is 9.59 Å². The van der Waals surface area contributed by atoms with Crippen LogP contribution in [0.3, 0.4) is 0 Å². The first kappa shape index (κ1) is 19.1. The van der Waals surface area contributed by atoms with Crippen LogP contribution < -0.4 is 10.3 Å². The lowest BCUT2D eigenvalue weighted by molar-refractivity contribution is -0.136. The first-order chi connectivity index (χ1) is 14.0. The molecule has 0 fully saturated rings. The fourth-order valence-electron chi connectivity index (χ4n) is 3.28. The summed E-state index contributed by atoms with van der Waals surface area (Å²) in [6.45, 7) is 1.79. The summed E-state index contributed by atoms with van der Waals surface area (Å²) >= 11 is 1.06. The number of fused-ring (bicyclic) bond motifs is 3. The number of hydrogen-bond acceptors (Lipinski definition) is 5. The Morgan fingerprint density at radius 2 is 1.97 bits per heavy atom. The maximum absolute atomic E-state index is 13.5. The van der Waals surface area contributed by atoms with Crippen molar-refractivity contribution in [1.29, 1.82) is 0 Å². The predicted molar refractivity (Wildman–Crippen MR) is 113 cm³/mol. The summed E-state index contributed by atoms with van der Waals surface area (Å²) in [5.74, 6) is -0.450. The minimum atomic E-state index is -0.947. The highest BCUT2D eigenvalue weighted by atomic mass is 32.2. The van der Waals surface area contributed by atoms with Crippen molar-refractivity contribution < 1.29 is 14.6 Å². The Bertz CT molecular complexity index is 1280. The molecule has 0 bridgehead atoms. The fraction of sp³-hybridized carbons (Fsp3) is 0.190. The number of carboxylic acid groups (broad SMARTS) is 1. The lowest BCUT2D eigenvalue weighted by Gasteiger charge is -2.16. The standard InChI is InChI=1S/C21H19N3O4S/c1-3-16(20(26)27)29-21-23-17-12-8-4-5-9-13(12)22-18(17)19(25)24(21)14-10-6-7-11-15(14)28-2/h4-11,16,22H,3H2,1-2H3,(H,26,27)/t16-/m1/s1. The molecule has 0 aliphatic carbocycles. The molecule has 2 aromatic heterocycles. The second-order valence-electron chi connectivity index (χ2n) is 6.45. The van der Waals surface area contributed by atoms with E-state index in [1.807, 2.05) is 24.3 Å². The lowest BCUT2D eigenvalue weighted by Crippen LogP contribution is -2.24. The van der Waals surface area contributed by atoms with E-state index in [2.05, 4.69) is 4.98 Å². The van der Waals surface area contributed by atoms with Gasteiger partial charge in [0, 0.05) is 10.9 Å². The molecule has 0 aliphatic heterocycles. The Kier molecular flexibility index (Phi) is 5.02. The molecule has 0 unspecified atom stereocenters. The third-order valence-corrected chi connectivity index (χ3v) is 6.02. The number of carbonyl (C=O) groups is 1.